The minimum absolute atomic E-state index is 0.756. The topological polar surface area (TPSA) is 38.0 Å². The van der Waals surface area contributed by atoms with Crippen LogP contribution in [-0.2, 0) is 0 Å². The fourth-order valence-electron chi connectivity index (χ4n) is 1.71. The molecule has 0 unspecified atom stereocenters. The van der Waals surface area contributed by atoms with Gasteiger partial charge in [-0.3, -0.25) is 0 Å². The highest BCUT2D eigenvalue weighted by Crippen LogP contribution is 2.08. The molecule has 0 heterocycles. The van der Waals surface area contributed by atoms with Gasteiger partial charge in [-0.2, -0.15) is 0 Å². The van der Waals surface area contributed by atoms with Crippen LogP contribution in [0.4, 0.5) is 0 Å². The zero-order chi connectivity index (χ0) is 11.2. The summed E-state index contributed by atoms with van der Waals surface area (Å²) in [6.07, 6.45) is 12.1. The zero-order valence-corrected chi connectivity index (χ0v) is 10.3. The Bertz CT molecular complexity index is 92.7. The molecule has 0 aliphatic carbocycles. The average Bonchev–Trinajstić information content (AvgIpc) is 2.26. The van der Waals surface area contributed by atoms with Gasteiger partial charge in [0.2, 0.25) is 0 Å². The Balaban J connectivity index is 2.81. The van der Waals surface area contributed by atoms with Crippen LogP contribution in [-0.4, -0.2) is 19.6 Å². The van der Waals surface area contributed by atoms with Gasteiger partial charge in [0.05, 0.1) is 0 Å². The monoisotopic (exact) mass is 213 g/mol. The fraction of sp³-hybridized carbons (Fsp3) is 0.923. The van der Waals surface area contributed by atoms with E-state index >= 15 is 0 Å². The number of hydrogen-bond donors (Lipinski definition) is 2. The first-order valence-electron chi connectivity index (χ1n) is 6.62. The molecule has 0 aliphatic rings. The van der Waals surface area contributed by atoms with Crippen molar-refractivity contribution < 1.29 is 0 Å². The van der Waals surface area contributed by atoms with Gasteiger partial charge >= 0.3 is 0 Å². The van der Waals surface area contributed by atoms with Crippen molar-refractivity contribution in [2.45, 2.75) is 57.8 Å². The Morgan fingerprint density at radius 2 is 1.27 bits per heavy atom. The molecule has 0 bridgehead atoms. The Morgan fingerprint density at radius 3 is 1.80 bits per heavy atom. The van der Waals surface area contributed by atoms with Crippen LogP contribution in [0, 0.1) is 6.92 Å². The molecule has 91 valence electrons. The molecular weight excluding hydrogens is 184 g/mol. The van der Waals surface area contributed by atoms with Crippen LogP contribution in [0.3, 0.4) is 0 Å². The lowest BCUT2D eigenvalue weighted by Crippen LogP contribution is -2.23. The third kappa shape index (κ3) is 13.9. The highest BCUT2D eigenvalue weighted by molar-refractivity contribution is 4.51. The third-order valence-electron chi connectivity index (χ3n) is 2.67. The predicted molar refractivity (Wildman–Crippen MR) is 68.8 cm³/mol. The van der Waals surface area contributed by atoms with Crippen LogP contribution in [0.25, 0.3) is 0 Å². The Kier molecular flexibility index (Phi) is 13.8. The van der Waals surface area contributed by atoms with E-state index in [-0.39, 0.29) is 0 Å². The SMILES string of the molecule is [CH2]CCCCCCCCCCNCCN. The predicted octanol–water partition coefficient (Wildman–Crippen LogP) is 2.88. The smallest absolute Gasteiger partial charge is 0.00745 e. The van der Waals surface area contributed by atoms with Gasteiger partial charge in [0.1, 0.15) is 0 Å². The molecule has 0 fully saturated rings. The maximum atomic E-state index is 5.38. The Morgan fingerprint density at radius 1 is 0.733 bits per heavy atom. The van der Waals surface area contributed by atoms with Gasteiger partial charge in [0.15, 0.2) is 0 Å². The number of nitrogens with two attached hydrogens (primary N) is 1. The second-order valence-electron chi connectivity index (χ2n) is 4.22. The largest absolute Gasteiger partial charge is 0.329 e. The summed E-state index contributed by atoms with van der Waals surface area (Å²) in [5.41, 5.74) is 5.38. The molecule has 0 amide bonds. The van der Waals surface area contributed by atoms with Crippen molar-refractivity contribution in [2.75, 3.05) is 19.6 Å². The second kappa shape index (κ2) is 13.9. The normalized spacial score (nSPS) is 10.8. The molecule has 0 saturated heterocycles. The Labute approximate surface area is 96.0 Å². The van der Waals surface area contributed by atoms with Crippen LogP contribution >= 0.6 is 0 Å². The van der Waals surface area contributed by atoms with Gasteiger partial charge in [-0.25, -0.2) is 0 Å². The molecule has 0 rings (SSSR count). The average molecular weight is 213 g/mol. The van der Waals surface area contributed by atoms with Crippen LogP contribution in [0.1, 0.15) is 57.8 Å². The van der Waals surface area contributed by atoms with E-state index < -0.39 is 0 Å². The number of rotatable bonds is 12. The van der Waals surface area contributed by atoms with E-state index in [9.17, 15) is 0 Å². The summed E-state index contributed by atoms with van der Waals surface area (Å²) >= 11 is 0. The highest BCUT2D eigenvalue weighted by atomic mass is 14.9. The Hall–Kier alpha value is -0.0800. The summed E-state index contributed by atoms with van der Waals surface area (Å²) in [4.78, 5) is 0. The molecule has 3 N–H and O–H groups in total. The molecule has 15 heavy (non-hydrogen) atoms. The quantitative estimate of drug-likeness (QED) is 0.489. The van der Waals surface area contributed by atoms with Gasteiger partial charge in [-0.05, 0) is 13.0 Å². The molecule has 2 heteroatoms. The molecule has 0 aromatic heterocycles. The molecule has 0 atom stereocenters. The third-order valence-corrected chi connectivity index (χ3v) is 2.67. The van der Waals surface area contributed by atoms with Crippen LogP contribution in [0.5, 0.6) is 0 Å². The molecule has 0 aliphatic heterocycles. The minimum atomic E-state index is 0.756. The first-order valence-corrected chi connectivity index (χ1v) is 6.62. The maximum Gasteiger partial charge on any atom is 0.00745 e. The number of hydrogen-bond acceptors (Lipinski definition) is 2. The van der Waals surface area contributed by atoms with E-state index in [1.807, 2.05) is 0 Å². The van der Waals surface area contributed by atoms with E-state index in [0.29, 0.717) is 0 Å². The molecule has 2 nitrogen and oxygen atoms in total. The molecule has 0 aromatic carbocycles. The summed E-state index contributed by atoms with van der Waals surface area (Å²) < 4.78 is 0. The zero-order valence-electron chi connectivity index (χ0n) is 10.3. The van der Waals surface area contributed by atoms with Crippen LogP contribution in [0.15, 0.2) is 0 Å². The van der Waals surface area contributed by atoms with E-state index in [4.69, 9.17) is 5.73 Å². The standard InChI is InChI=1S/C13H29N2/c1-2-3-4-5-6-7-8-9-10-12-15-13-11-14/h15H,1-14H2. The van der Waals surface area contributed by atoms with Crippen molar-refractivity contribution >= 4 is 0 Å². The first-order chi connectivity index (χ1) is 7.41. The van der Waals surface area contributed by atoms with Crippen molar-refractivity contribution in [3.05, 3.63) is 6.92 Å². The van der Waals surface area contributed by atoms with Crippen molar-refractivity contribution in [3.63, 3.8) is 0 Å². The van der Waals surface area contributed by atoms with Crippen LogP contribution < -0.4 is 11.1 Å². The van der Waals surface area contributed by atoms with Crippen molar-refractivity contribution in [1.29, 1.82) is 0 Å². The lowest BCUT2D eigenvalue weighted by atomic mass is 10.1. The molecule has 0 aromatic rings. The summed E-state index contributed by atoms with van der Waals surface area (Å²) in [6, 6.07) is 0. The fourth-order valence-corrected chi connectivity index (χ4v) is 1.71. The minimum Gasteiger partial charge on any atom is -0.329 e. The van der Waals surface area contributed by atoms with Gasteiger partial charge in [0.25, 0.3) is 0 Å². The van der Waals surface area contributed by atoms with E-state index in [1.54, 1.807) is 0 Å². The summed E-state index contributed by atoms with van der Waals surface area (Å²) in [7, 11) is 0. The first kappa shape index (κ1) is 14.9. The maximum absolute atomic E-state index is 5.38. The summed E-state index contributed by atoms with van der Waals surface area (Å²) in [5, 5.41) is 3.32. The lowest BCUT2D eigenvalue weighted by molar-refractivity contribution is 0.553. The summed E-state index contributed by atoms with van der Waals surface area (Å²) in [5.74, 6) is 0. The number of nitrogens with one attached hydrogen (secondary N) is 1. The van der Waals surface area contributed by atoms with Crippen molar-refractivity contribution in [2.24, 2.45) is 5.73 Å². The summed E-state index contributed by atoms with van der Waals surface area (Å²) in [6.45, 7) is 6.71. The molecular formula is C13H29N2. The lowest BCUT2D eigenvalue weighted by Gasteiger charge is -2.03. The number of unbranched alkanes of at least 4 members (excludes halogenated alkanes) is 8. The van der Waals surface area contributed by atoms with Gasteiger partial charge in [-0.1, -0.05) is 58.3 Å². The molecule has 1 radical (unpaired) electrons. The highest BCUT2D eigenvalue weighted by Gasteiger charge is 1.91. The van der Waals surface area contributed by atoms with E-state index in [0.717, 1.165) is 26.1 Å². The van der Waals surface area contributed by atoms with Gasteiger partial charge < -0.3 is 11.1 Å². The van der Waals surface area contributed by atoms with E-state index in [1.165, 1.54) is 51.4 Å². The van der Waals surface area contributed by atoms with Crippen LogP contribution in [0.2, 0.25) is 0 Å². The second-order valence-corrected chi connectivity index (χ2v) is 4.22. The van der Waals surface area contributed by atoms with Crippen molar-refractivity contribution in [1.82, 2.24) is 5.32 Å². The van der Waals surface area contributed by atoms with E-state index in [2.05, 4.69) is 12.2 Å². The van der Waals surface area contributed by atoms with Gasteiger partial charge in [0, 0.05) is 13.1 Å². The molecule has 0 spiro atoms. The molecule has 0 saturated carbocycles. The van der Waals surface area contributed by atoms with Gasteiger partial charge in [-0.15, -0.1) is 0 Å². The van der Waals surface area contributed by atoms with Crippen molar-refractivity contribution in [3.8, 4) is 0 Å².